The number of carbonyl (C=O) groups excluding carboxylic acids is 2. The molecule has 8 heteroatoms. The number of carbonyl (C=O) groups is 2. The molecule has 8 nitrogen and oxygen atoms in total. The zero-order valence-corrected chi connectivity index (χ0v) is 15.7. The molecule has 1 aliphatic rings. The Bertz CT molecular complexity index is 918. The average molecular weight is 383 g/mol. The van der Waals surface area contributed by atoms with Crippen LogP contribution in [0.3, 0.4) is 0 Å². The maximum absolute atomic E-state index is 12.8. The lowest BCUT2D eigenvalue weighted by Gasteiger charge is -2.27. The summed E-state index contributed by atoms with van der Waals surface area (Å²) in [7, 11) is 0. The molecular formula is C20H21N3O5. The second-order valence-corrected chi connectivity index (χ2v) is 6.65. The number of hydrogen-bond donors (Lipinski definition) is 1. The first kappa shape index (κ1) is 19.5. The van der Waals surface area contributed by atoms with Crippen molar-refractivity contribution in [3.63, 3.8) is 0 Å². The summed E-state index contributed by atoms with van der Waals surface area (Å²) in [5.74, 6) is -0.717. The Morgan fingerprint density at radius 2 is 1.71 bits per heavy atom. The fourth-order valence-corrected chi connectivity index (χ4v) is 2.99. The second kappa shape index (κ2) is 8.18. The number of nitro benzene ring substituents is 1. The first-order valence-corrected chi connectivity index (χ1v) is 8.91. The zero-order valence-electron chi connectivity index (χ0n) is 15.7. The van der Waals surface area contributed by atoms with Gasteiger partial charge in [-0.15, -0.1) is 0 Å². The Balaban J connectivity index is 1.94. The quantitative estimate of drug-likeness (QED) is 0.646. The Labute approximate surface area is 162 Å². The average Bonchev–Trinajstić information content (AvgIpc) is 2.69. The molecule has 0 atom stereocenters. The van der Waals surface area contributed by atoms with Crippen molar-refractivity contribution in [1.82, 2.24) is 4.90 Å². The van der Waals surface area contributed by atoms with E-state index in [9.17, 15) is 19.7 Å². The van der Waals surface area contributed by atoms with Crippen LogP contribution in [-0.2, 0) is 4.74 Å². The molecule has 0 spiro atoms. The molecular weight excluding hydrogens is 362 g/mol. The monoisotopic (exact) mass is 383 g/mol. The van der Waals surface area contributed by atoms with Gasteiger partial charge in [0, 0.05) is 30.3 Å². The summed E-state index contributed by atoms with van der Waals surface area (Å²) in [6, 6.07) is 9.72. The number of nitro groups is 1. The molecule has 0 saturated carbocycles. The van der Waals surface area contributed by atoms with Crippen molar-refractivity contribution in [2.24, 2.45) is 0 Å². The van der Waals surface area contributed by atoms with E-state index in [0.29, 0.717) is 37.4 Å². The van der Waals surface area contributed by atoms with Crippen LogP contribution in [0.15, 0.2) is 36.4 Å². The maximum atomic E-state index is 12.8. The summed E-state index contributed by atoms with van der Waals surface area (Å²) in [5.41, 5.74) is 1.94. The molecule has 1 fully saturated rings. The number of nitrogens with one attached hydrogen (secondary N) is 1. The van der Waals surface area contributed by atoms with E-state index in [0.717, 1.165) is 5.56 Å². The maximum Gasteiger partial charge on any atom is 0.275 e. The summed E-state index contributed by atoms with van der Waals surface area (Å²) in [6.45, 7) is 5.16. The van der Waals surface area contributed by atoms with Crippen LogP contribution in [0.25, 0.3) is 0 Å². The third-order valence-electron chi connectivity index (χ3n) is 4.68. The summed E-state index contributed by atoms with van der Waals surface area (Å²) in [5, 5.41) is 14.2. The van der Waals surface area contributed by atoms with Crippen LogP contribution in [0.4, 0.5) is 11.4 Å². The van der Waals surface area contributed by atoms with Gasteiger partial charge >= 0.3 is 0 Å². The van der Waals surface area contributed by atoms with Crippen LogP contribution in [0.2, 0.25) is 0 Å². The molecule has 2 aromatic rings. The van der Waals surface area contributed by atoms with E-state index in [4.69, 9.17) is 4.74 Å². The second-order valence-electron chi connectivity index (χ2n) is 6.65. The van der Waals surface area contributed by atoms with E-state index in [2.05, 4.69) is 5.32 Å². The van der Waals surface area contributed by atoms with Gasteiger partial charge in [0.15, 0.2) is 0 Å². The highest BCUT2D eigenvalue weighted by atomic mass is 16.6. The lowest BCUT2D eigenvalue weighted by Crippen LogP contribution is -2.40. The third kappa shape index (κ3) is 4.17. The Hall–Kier alpha value is -3.26. The minimum absolute atomic E-state index is 0.165. The number of aryl methyl sites for hydroxylation is 1. The smallest absolute Gasteiger partial charge is 0.275 e. The highest BCUT2D eigenvalue weighted by Gasteiger charge is 2.24. The first-order chi connectivity index (χ1) is 13.4. The predicted octanol–water partition coefficient (Wildman–Crippen LogP) is 2.94. The van der Waals surface area contributed by atoms with Gasteiger partial charge in [0.2, 0.25) is 0 Å². The van der Waals surface area contributed by atoms with Gasteiger partial charge in [-0.2, -0.15) is 0 Å². The molecule has 1 aliphatic heterocycles. The normalized spacial score (nSPS) is 13.9. The number of rotatable bonds is 4. The van der Waals surface area contributed by atoms with Crippen molar-refractivity contribution >= 4 is 23.2 Å². The van der Waals surface area contributed by atoms with Gasteiger partial charge in [-0.3, -0.25) is 19.7 Å². The summed E-state index contributed by atoms with van der Waals surface area (Å²) in [6.07, 6.45) is 0. The molecule has 3 rings (SSSR count). The number of ether oxygens (including phenoxy) is 1. The van der Waals surface area contributed by atoms with Crippen molar-refractivity contribution in [3.05, 3.63) is 68.8 Å². The van der Waals surface area contributed by atoms with Gasteiger partial charge in [0.1, 0.15) is 0 Å². The first-order valence-electron chi connectivity index (χ1n) is 8.91. The van der Waals surface area contributed by atoms with Gasteiger partial charge in [-0.1, -0.05) is 17.7 Å². The van der Waals surface area contributed by atoms with Crippen molar-refractivity contribution in [2.75, 3.05) is 31.6 Å². The van der Waals surface area contributed by atoms with Gasteiger partial charge in [0.25, 0.3) is 17.5 Å². The van der Waals surface area contributed by atoms with Gasteiger partial charge in [-0.25, -0.2) is 0 Å². The van der Waals surface area contributed by atoms with E-state index >= 15 is 0 Å². The van der Waals surface area contributed by atoms with Crippen LogP contribution in [-0.4, -0.2) is 47.9 Å². The molecule has 0 aromatic heterocycles. The molecule has 0 unspecified atom stereocenters. The fourth-order valence-electron chi connectivity index (χ4n) is 2.99. The topological polar surface area (TPSA) is 102 Å². The van der Waals surface area contributed by atoms with Crippen molar-refractivity contribution < 1.29 is 19.2 Å². The third-order valence-corrected chi connectivity index (χ3v) is 4.68. The molecule has 1 N–H and O–H groups in total. The van der Waals surface area contributed by atoms with E-state index in [-0.39, 0.29) is 22.8 Å². The highest BCUT2D eigenvalue weighted by molar-refractivity contribution is 6.06. The van der Waals surface area contributed by atoms with Crippen LogP contribution in [0, 0.1) is 24.0 Å². The summed E-state index contributed by atoms with van der Waals surface area (Å²) >= 11 is 0. The fraction of sp³-hybridized carbons (Fsp3) is 0.300. The van der Waals surface area contributed by atoms with Crippen molar-refractivity contribution in [3.8, 4) is 0 Å². The Kier molecular flexibility index (Phi) is 5.70. The predicted molar refractivity (Wildman–Crippen MR) is 104 cm³/mol. The standard InChI is InChI=1S/C20H21N3O5/c1-13-3-5-15(6-4-13)19(24)21-17-11-16(12-18(14(17)2)23(26)27)20(25)22-7-9-28-10-8-22/h3-6,11-12H,7-10H2,1-2H3,(H,21,24). The number of anilines is 1. The molecule has 0 bridgehead atoms. The molecule has 0 aliphatic carbocycles. The number of nitrogens with zero attached hydrogens (tertiary/aromatic N) is 2. The van der Waals surface area contributed by atoms with Crippen LogP contribution in [0.5, 0.6) is 0 Å². The van der Waals surface area contributed by atoms with Crippen LogP contribution < -0.4 is 5.32 Å². The highest BCUT2D eigenvalue weighted by Crippen LogP contribution is 2.29. The van der Waals surface area contributed by atoms with Crippen molar-refractivity contribution in [1.29, 1.82) is 0 Å². The van der Waals surface area contributed by atoms with Crippen LogP contribution in [0.1, 0.15) is 31.8 Å². The number of amides is 2. The minimum atomic E-state index is -0.549. The van der Waals surface area contributed by atoms with Gasteiger partial charge < -0.3 is 15.0 Å². The van der Waals surface area contributed by atoms with Crippen LogP contribution >= 0.6 is 0 Å². The number of morpholine rings is 1. The lowest BCUT2D eigenvalue weighted by atomic mass is 10.1. The molecule has 1 heterocycles. The largest absolute Gasteiger partial charge is 0.378 e. The number of hydrogen-bond acceptors (Lipinski definition) is 5. The molecule has 2 amide bonds. The number of benzene rings is 2. The molecule has 28 heavy (non-hydrogen) atoms. The van der Waals surface area contributed by atoms with E-state index < -0.39 is 10.8 Å². The molecule has 0 radical (unpaired) electrons. The SMILES string of the molecule is Cc1ccc(C(=O)Nc2cc(C(=O)N3CCOCC3)cc([N+](=O)[O-])c2C)cc1. The van der Waals surface area contributed by atoms with Crippen molar-refractivity contribution in [2.45, 2.75) is 13.8 Å². The molecule has 146 valence electrons. The van der Waals surface area contributed by atoms with Gasteiger partial charge in [0.05, 0.1) is 29.4 Å². The molecule has 2 aromatic carbocycles. The minimum Gasteiger partial charge on any atom is -0.378 e. The lowest BCUT2D eigenvalue weighted by molar-refractivity contribution is -0.385. The summed E-state index contributed by atoms with van der Waals surface area (Å²) < 4.78 is 5.24. The summed E-state index contributed by atoms with van der Waals surface area (Å²) in [4.78, 5) is 37.8. The van der Waals surface area contributed by atoms with E-state index in [1.54, 1.807) is 24.0 Å². The Morgan fingerprint density at radius 1 is 1.07 bits per heavy atom. The van der Waals surface area contributed by atoms with E-state index in [1.165, 1.54) is 12.1 Å². The molecule has 1 saturated heterocycles. The van der Waals surface area contributed by atoms with Gasteiger partial charge in [-0.05, 0) is 32.0 Å². The Morgan fingerprint density at radius 3 is 2.32 bits per heavy atom. The zero-order chi connectivity index (χ0) is 20.3. The van der Waals surface area contributed by atoms with E-state index in [1.807, 2.05) is 19.1 Å².